The second-order valence-corrected chi connectivity index (χ2v) is 6.60. The van der Waals surface area contributed by atoms with Gasteiger partial charge in [-0.1, -0.05) is 17.7 Å². The van der Waals surface area contributed by atoms with Crippen molar-refractivity contribution in [1.29, 1.82) is 0 Å². The number of carbonyl (C=O) groups excluding carboxylic acids is 2. The standard InChI is InChI=1S/C19H18ClFN2O2/c1-11-3-5-14(9-12(11)2)23-8-7-17(19(23)25)22-18(24)15-10-13(21)4-6-16(15)20/h3-6,9-10,17H,7-8H2,1-2H3,(H,22,24)/t17-/m0/s1. The molecule has 1 heterocycles. The molecule has 1 saturated heterocycles. The molecule has 2 aromatic carbocycles. The summed E-state index contributed by atoms with van der Waals surface area (Å²) < 4.78 is 13.3. The second-order valence-electron chi connectivity index (χ2n) is 6.20. The normalized spacial score (nSPS) is 17.0. The number of rotatable bonds is 3. The van der Waals surface area contributed by atoms with Gasteiger partial charge in [0.2, 0.25) is 5.91 Å². The molecule has 0 aliphatic carbocycles. The summed E-state index contributed by atoms with van der Waals surface area (Å²) in [7, 11) is 0. The Labute approximate surface area is 150 Å². The number of carbonyl (C=O) groups is 2. The Morgan fingerprint density at radius 3 is 2.68 bits per heavy atom. The molecule has 1 N–H and O–H groups in total. The van der Waals surface area contributed by atoms with Crippen LogP contribution in [0.5, 0.6) is 0 Å². The van der Waals surface area contributed by atoms with Crippen LogP contribution in [0.4, 0.5) is 10.1 Å². The Morgan fingerprint density at radius 2 is 1.96 bits per heavy atom. The third-order valence-corrected chi connectivity index (χ3v) is 4.82. The molecule has 0 unspecified atom stereocenters. The molecule has 0 saturated carbocycles. The van der Waals surface area contributed by atoms with Crippen molar-refractivity contribution < 1.29 is 14.0 Å². The number of nitrogens with one attached hydrogen (secondary N) is 1. The highest BCUT2D eigenvalue weighted by molar-refractivity contribution is 6.33. The lowest BCUT2D eigenvalue weighted by atomic mass is 10.1. The summed E-state index contributed by atoms with van der Waals surface area (Å²) in [6.45, 7) is 4.52. The van der Waals surface area contributed by atoms with Gasteiger partial charge in [-0.2, -0.15) is 0 Å². The molecule has 0 radical (unpaired) electrons. The number of hydrogen-bond acceptors (Lipinski definition) is 2. The third-order valence-electron chi connectivity index (χ3n) is 4.49. The topological polar surface area (TPSA) is 49.4 Å². The number of anilines is 1. The fourth-order valence-electron chi connectivity index (χ4n) is 2.87. The van der Waals surface area contributed by atoms with Crippen LogP contribution in [-0.4, -0.2) is 24.4 Å². The molecule has 6 heteroatoms. The van der Waals surface area contributed by atoms with Crippen LogP contribution < -0.4 is 10.2 Å². The van der Waals surface area contributed by atoms with Crippen molar-refractivity contribution in [2.45, 2.75) is 26.3 Å². The molecule has 1 fully saturated rings. The first-order valence-corrected chi connectivity index (χ1v) is 8.39. The summed E-state index contributed by atoms with van der Waals surface area (Å²) in [5.74, 6) is -1.28. The smallest absolute Gasteiger partial charge is 0.253 e. The van der Waals surface area contributed by atoms with Crippen molar-refractivity contribution in [3.05, 3.63) is 63.9 Å². The predicted octanol–water partition coefficient (Wildman–Crippen LogP) is 3.63. The average Bonchev–Trinajstić information content (AvgIpc) is 2.93. The molecule has 1 atom stereocenters. The van der Waals surface area contributed by atoms with Gasteiger partial charge in [-0.05, 0) is 61.7 Å². The molecule has 2 aromatic rings. The summed E-state index contributed by atoms with van der Waals surface area (Å²) in [4.78, 5) is 26.6. The summed E-state index contributed by atoms with van der Waals surface area (Å²) in [6.07, 6.45) is 0.491. The molecule has 4 nitrogen and oxygen atoms in total. The van der Waals surface area contributed by atoms with Crippen molar-refractivity contribution in [2.75, 3.05) is 11.4 Å². The highest BCUT2D eigenvalue weighted by Crippen LogP contribution is 2.25. The van der Waals surface area contributed by atoms with Gasteiger partial charge in [0.05, 0.1) is 10.6 Å². The van der Waals surface area contributed by atoms with Gasteiger partial charge in [0, 0.05) is 12.2 Å². The van der Waals surface area contributed by atoms with Crippen molar-refractivity contribution in [3.63, 3.8) is 0 Å². The number of halogens is 2. The molecule has 130 valence electrons. The zero-order chi connectivity index (χ0) is 18.1. The lowest BCUT2D eigenvalue weighted by molar-refractivity contribution is -0.118. The third kappa shape index (κ3) is 3.51. The largest absolute Gasteiger partial charge is 0.340 e. The molecule has 25 heavy (non-hydrogen) atoms. The van der Waals surface area contributed by atoms with Crippen molar-refractivity contribution in [1.82, 2.24) is 5.32 Å². The number of benzene rings is 2. The molecule has 1 aliphatic rings. The maximum atomic E-state index is 13.3. The Hall–Kier alpha value is -2.40. The molecule has 0 spiro atoms. The Balaban J connectivity index is 1.74. The van der Waals surface area contributed by atoms with Crippen LogP contribution in [-0.2, 0) is 4.79 Å². The van der Waals surface area contributed by atoms with Gasteiger partial charge in [-0.3, -0.25) is 9.59 Å². The first-order chi connectivity index (χ1) is 11.9. The molecular weight excluding hydrogens is 343 g/mol. The maximum absolute atomic E-state index is 13.3. The quantitative estimate of drug-likeness (QED) is 0.908. The van der Waals surface area contributed by atoms with Crippen LogP contribution in [0.15, 0.2) is 36.4 Å². The summed E-state index contributed by atoms with van der Waals surface area (Å²) in [5, 5.41) is 2.81. The van der Waals surface area contributed by atoms with Gasteiger partial charge in [-0.25, -0.2) is 4.39 Å². The molecule has 0 aromatic heterocycles. The zero-order valence-corrected chi connectivity index (χ0v) is 14.7. The van der Waals surface area contributed by atoms with Gasteiger partial charge in [0.15, 0.2) is 0 Å². The van der Waals surface area contributed by atoms with Crippen LogP contribution in [0.1, 0.15) is 27.9 Å². The van der Waals surface area contributed by atoms with E-state index in [-0.39, 0.29) is 16.5 Å². The first-order valence-electron chi connectivity index (χ1n) is 8.01. The molecule has 1 aliphatic heterocycles. The van der Waals surface area contributed by atoms with E-state index in [2.05, 4.69) is 5.32 Å². The van der Waals surface area contributed by atoms with Gasteiger partial charge in [0.1, 0.15) is 11.9 Å². The number of amides is 2. The SMILES string of the molecule is Cc1ccc(N2CC[C@H](NC(=O)c3cc(F)ccc3Cl)C2=O)cc1C. The van der Waals surface area contributed by atoms with Crippen LogP contribution in [0.3, 0.4) is 0 Å². The summed E-state index contributed by atoms with van der Waals surface area (Å²) in [5.41, 5.74) is 3.10. The Kier molecular flexibility index (Phi) is 4.77. The van der Waals surface area contributed by atoms with Crippen LogP contribution in [0.2, 0.25) is 5.02 Å². The number of hydrogen-bond donors (Lipinski definition) is 1. The van der Waals surface area contributed by atoms with Gasteiger partial charge in [0.25, 0.3) is 5.91 Å². The van der Waals surface area contributed by atoms with E-state index in [0.717, 1.165) is 22.9 Å². The number of nitrogens with zero attached hydrogens (tertiary/aromatic N) is 1. The van der Waals surface area contributed by atoms with E-state index in [4.69, 9.17) is 11.6 Å². The Morgan fingerprint density at radius 1 is 1.20 bits per heavy atom. The summed E-state index contributed by atoms with van der Waals surface area (Å²) in [6, 6.07) is 8.75. The fraction of sp³-hybridized carbons (Fsp3) is 0.263. The van der Waals surface area contributed by atoms with Crippen molar-refractivity contribution in [2.24, 2.45) is 0 Å². The minimum Gasteiger partial charge on any atom is -0.340 e. The number of aryl methyl sites for hydroxylation is 2. The monoisotopic (exact) mass is 360 g/mol. The van der Waals surface area contributed by atoms with Gasteiger partial charge >= 0.3 is 0 Å². The van der Waals surface area contributed by atoms with E-state index in [1.54, 1.807) is 4.90 Å². The Bertz CT molecular complexity index is 853. The van der Waals surface area contributed by atoms with E-state index in [1.165, 1.54) is 12.1 Å². The zero-order valence-electron chi connectivity index (χ0n) is 14.0. The maximum Gasteiger partial charge on any atom is 0.253 e. The molecule has 0 bridgehead atoms. The van der Waals surface area contributed by atoms with E-state index in [1.807, 2.05) is 32.0 Å². The highest BCUT2D eigenvalue weighted by Gasteiger charge is 2.34. The van der Waals surface area contributed by atoms with E-state index in [0.29, 0.717) is 13.0 Å². The lowest BCUT2D eigenvalue weighted by Gasteiger charge is -2.18. The molecular formula is C19H18ClFN2O2. The molecule has 3 rings (SSSR count). The van der Waals surface area contributed by atoms with Crippen molar-refractivity contribution >= 4 is 29.1 Å². The summed E-state index contributed by atoms with van der Waals surface area (Å²) >= 11 is 5.95. The molecule has 2 amide bonds. The van der Waals surface area contributed by atoms with Gasteiger partial charge in [-0.15, -0.1) is 0 Å². The van der Waals surface area contributed by atoms with E-state index < -0.39 is 17.8 Å². The van der Waals surface area contributed by atoms with Crippen LogP contribution in [0, 0.1) is 19.7 Å². The van der Waals surface area contributed by atoms with E-state index >= 15 is 0 Å². The average molecular weight is 361 g/mol. The van der Waals surface area contributed by atoms with Gasteiger partial charge < -0.3 is 10.2 Å². The fourth-order valence-corrected chi connectivity index (χ4v) is 3.07. The van der Waals surface area contributed by atoms with Crippen molar-refractivity contribution in [3.8, 4) is 0 Å². The van der Waals surface area contributed by atoms with Crippen LogP contribution in [0.25, 0.3) is 0 Å². The second kappa shape index (κ2) is 6.84. The first kappa shape index (κ1) is 17.4. The predicted molar refractivity (Wildman–Crippen MR) is 95.6 cm³/mol. The highest BCUT2D eigenvalue weighted by atomic mass is 35.5. The minimum atomic E-state index is -0.645. The minimum absolute atomic E-state index is 0.0269. The van der Waals surface area contributed by atoms with Crippen LogP contribution >= 0.6 is 11.6 Å². The van der Waals surface area contributed by atoms with E-state index in [9.17, 15) is 14.0 Å². The lowest BCUT2D eigenvalue weighted by Crippen LogP contribution is -2.41.